The van der Waals surface area contributed by atoms with Gasteiger partial charge in [0.05, 0.1) is 54.5 Å². The SMILES string of the molecule is CCOC(=O)CCN1[C@H](C)CN(c2cnc(-c3nc4nc(-c5cc(C(F)(F)F)cc(C(F)(F)F)c5)cc(N(C)CC5(COC)CCCC5)c4[nH]3)cn2)C[C@@H]1C. The molecule has 2 fully saturated rings. The van der Waals surface area contributed by atoms with E-state index in [1.165, 1.54) is 6.07 Å². The van der Waals surface area contributed by atoms with Gasteiger partial charge in [-0.2, -0.15) is 26.3 Å². The van der Waals surface area contributed by atoms with E-state index < -0.39 is 23.5 Å². The fourth-order valence-electron chi connectivity index (χ4n) is 8.06. The summed E-state index contributed by atoms with van der Waals surface area (Å²) in [6, 6.07) is 3.21. The van der Waals surface area contributed by atoms with Crippen LogP contribution in [0.4, 0.5) is 37.8 Å². The van der Waals surface area contributed by atoms with Crippen molar-refractivity contribution in [3.05, 3.63) is 47.8 Å². The lowest BCUT2D eigenvalue weighted by molar-refractivity contribution is -0.144. The minimum Gasteiger partial charge on any atom is -0.466 e. The number of halogens is 6. The van der Waals surface area contributed by atoms with Gasteiger partial charge in [-0.05, 0) is 57.9 Å². The van der Waals surface area contributed by atoms with Crippen LogP contribution < -0.4 is 9.80 Å². The first kappa shape index (κ1) is 40.2. The number of hydrogen-bond donors (Lipinski definition) is 1. The Balaban J connectivity index is 1.34. The Bertz CT molecular complexity index is 1920. The number of imidazole rings is 1. The molecule has 1 saturated heterocycles. The smallest absolute Gasteiger partial charge is 0.416 e. The highest BCUT2D eigenvalue weighted by Gasteiger charge is 2.38. The number of fused-ring (bicyclic) bond motifs is 1. The van der Waals surface area contributed by atoms with Crippen LogP contribution in [0.3, 0.4) is 0 Å². The number of methoxy groups -OCH3 is 1. The third-order valence-corrected chi connectivity index (χ3v) is 10.6. The number of esters is 1. The number of piperazine rings is 1. The van der Waals surface area contributed by atoms with E-state index >= 15 is 0 Å². The predicted octanol–water partition coefficient (Wildman–Crippen LogP) is 7.61. The molecule has 0 spiro atoms. The van der Waals surface area contributed by atoms with Gasteiger partial charge in [0.1, 0.15) is 17.0 Å². The fraction of sp³-hybridized carbons (Fsp3) is 0.553. The summed E-state index contributed by atoms with van der Waals surface area (Å²) in [5.41, 5.74) is -2.08. The first-order valence-corrected chi connectivity index (χ1v) is 18.4. The second kappa shape index (κ2) is 15.9. The number of pyridine rings is 1. The van der Waals surface area contributed by atoms with E-state index in [9.17, 15) is 31.1 Å². The number of rotatable bonds is 12. The summed E-state index contributed by atoms with van der Waals surface area (Å²) in [6.07, 6.45) is -2.68. The number of H-pyrrole nitrogens is 1. The molecule has 1 aromatic carbocycles. The molecule has 0 bridgehead atoms. The highest BCUT2D eigenvalue weighted by atomic mass is 19.4. The Morgan fingerprint density at radius 3 is 2.16 bits per heavy atom. The van der Waals surface area contributed by atoms with Crippen molar-refractivity contribution >= 4 is 28.6 Å². The Labute approximate surface area is 315 Å². The van der Waals surface area contributed by atoms with Crippen LogP contribution in [0.25, 0.3) is 33.9 Å². The summed E-state index contributed by atoms with van der Waals surface area (Å²) < 4.78 is 93.9. The quantitative estimate of drug-likeness (QED) is 0.114. The first-order chi connectivity index (χ1) is 26.0. The summed E-state index contributed by atoms with van der Waals surface area (Å²) in [4.78, 5) is 40.0. The lowest BCUT2D eigenvalue weighted by atomic mass is 9.86. The van der Waals surface area contributed by atoms with Crippen molar-refractivity contribution in [1.29, 1.82) is 0 Å². The van der Waals surface area contributed by atoms with Crippen LogP contribution in [-0.4, -0.2) is 101 Å². The molecule has 1 aliphatic carbocycles. The number of hydrogen-bond acceptors (Lipinski definition) is 10. The van der Waals surface area contributed by atoms with E-state index in [1.54, 1.807) is 26.4 Å². The van der Waals surface area contributed by atoms with Crippen molar-refractivity contribution in [2.45, 2.75) is 77.3 Å². The maximum atomic E-state index is 13.9. The molecule has 55 heavy (non-hydrogen) atoms. The van der Waals surface area contributed by atoms with E-state index in [0.717, 1.165) is 25.7 Å². The predicted molar refractivity (Wildman–Crippen MR) is 195 cm³/mol. The molecule has 4 aromatic rings. The summed E-state index contributed by atoms with van der Waals surface area (Å²) >= 11 is 0. The topological polar surface area (TPSA) is 113 Å². The van der Waals surface area contributed by atoms with Gasteiger partial charge in [-0.3, -0.25) is 9.69 Å². The molecular formula is C38H46F6N8O3. The Morgan fingerprint density at radius 2 is 1.60 bits per heavy atom. The molecule has 3 aromatic heterocycles. The molecule has 4 heterocycles. The number of nitrogens with zero attached hydrogens (tertiary/aromatic N) is 7. The molecule has 11 nitrogen and oxygen atoms in total. The molecule has 1 saturated carbocycles. The number of aromatic amines is 1. The van der Waals surface area contributed by atoms with Gasteiger partial charge < -0.3 is 24.3 Å². The minimum absolute atomic E-state index is 0.0951. The van der Waals surface area contributed by atoms with Crippen LogP contribution in [0.2, 0.25) is 0 Å². The van der Waals surface area contributed by atoms with E-state index in [0.29, 0.717) is 80.7 Å². The summed E-state index contributed by atoms with van der Waals surface area (Å²) in [5.74, 6) is 0.706. The molecule has 1 N–H and O–H groups in total. The number of benzene rings is 1. The van der Waals surface area contributed by atoms with Gasteiger partial charge in [0.2, 0.25) is 0 Å². The van der Waals surface area contributed by atoms with Crippen LogP contribution in [-0.2, 0) is 26.6 Å². The summed E-state index contributed by atoms with van der Waals surface area (Å²) in [6.45, 7) is 9.23. The van der Waals surface area contributed by atoms with Gasteiger partial charge in [-0.25, -0.2) is 19.9 Å². The van der Waals surface area contributed by atoms with E-state index in [4.69, 9.17) is 9.47 Å². The van der Waals surface area contributed by atoms with E-state index in [2.05, 4.69) is 48.6 Å². The molecule has 298 valence electrons. The van der Waals surface area contributed by atoms with Crippen LogP contribution >= 0.6 is 0 Å². The van der Waals surface area contributed by atoms with Gasteiger partial charge in [-0.15, -0.1) is 0 Å². The van der Waals surface area contributed by atoms with E-state index in [-0.39, 0.29) is 52.3 Å². The van der Waals surface area contributed by atoms with Gasteiger partial charge >= 0.3 is 18.3 Å². The third kappa shape index (κ3) is 8.98. The van der Waals surface area contributed by atoms with E-state index in [1.807, 2.05) is 11.9 Å². The van der Waals surface area contributed by atoms with Gasteiger partial charge in [0.15, 0.2) is 11.5 Å². The summed E-state index contributed by atoms with van der Waals surface area (Å²) in [5, 5.41) is 0. The molecular weight excluding hydrogens is 730 g/mol. The Morgan fingerprint density at radius 1 is 0.945 bits per heavy atom. The lowest BCUT2D eigenvalue weighted by Gasteiger charge is -2.44. The van der Waals surface area contributed by atoms with Gasteiger partial charge in [0, 0.05) is 63.4 Å². The van der Waals surface area contributed by atoms with Crippen LogP contribution in [0.15, 0.2) is 36.7 Å². The molecule has 6 rings (SSSR count). The monoisotopic (exact) mass is 776 g/mol. The maximum absolute atomic E-state index is 13.9. The second-order valence-electron chi connectivity index (χ2n) is 14.8. The minimum atomic E-state index is -5.02. The van der Waals surface area contributed by atoms with Crippen LogP contribution in [0.5, 0.6) is 0 Å². The Hall–Kier alpha value is -4.51. The highest BCUT2D eigenvalue weighted by molar-refractivity contribution is 5.91. The molecule has 2 atom stereocenters. The van der Waals surface area contributed by atoms with Crippen LogP contribution in [0, 0.1) is 5.41 Å². The molecule has 0 unspecified atom stereocenters. The zero-order chi connectivity index (χ0) is 39.7. The van der Waals surface area contributed by atoms with Crippen molar-refractivity contribution in [2.75, 3.05) is 63.4 Å². The molecule has 17 heteroatoms. The zero-order valence-corrected chi connectivity index (χ0v) is 31.5. The number of carbonyl (C=O) groups excluding carboxylic acids is 1. The Kier molecular flexibility index (Phi) is 11.6. The summed E-state index contributed by atoms with van der Waals surface area (Å²) in [7, 11) is 3.47. The van der Waals surface area contributed by atoms with Gasteiger partial charge in [0.25, 0.3) is 0 Å². The maximum Gasteiger partial charge on any atom is 0.416 e. The largest absolute Gasteiger partial charge is 0.466 e. The second-order valence-corrected chi connectivity index (χ2v) is 14.8. The van der Waals surface area contributed by atoms with Crippen LogP contribution in [0.1, 0.15) is 64.0 Å². The van der Waals surface area contributed by atoms with Crippen molar-refractivity contribution in [2.24, 2.45) is 5.41 Å². The fourth-order valence-corrected chi connectivity index (χ4v) is 8.06. The van der Waals surface area contributed by atoms with Crippen molar-refractivity contribution in [1.82, 2.24) is 29.8 Å². The number of nitrogens with one attached hydrogen (secondary N) is 1. The first-order valence-electron chi connectivity index (χ1n) is 18.4. The van der Waals surface area contributed by atoms with Crippen molar-refractivity contribution < 1.29 is 40.6 Å². The highest BCUT2D eigenvalue weighted by Crippen LogP contribution is 2.42. The zero-order valence-electron chi connectivity index (χ0n) is 31.5. The number of alkyl halides is 6. The number of ether oxygens (including phenoxy) is 2. The molecule has 2 aliphatic rings. The third-order valence-electron chi connectivity index (χ3n) is 10.6. The molecule has 1 aliphatic heterocycles. The van der Waals surface area contributed by atoms with Crippen molar-refractivity contribution in [3.63, 3.8) is 0 Å². The average molecular weight is 777 g/mol. The number of carbonyl (C=O) groups is 1. The number of aromatic nitrogens is 5. The molecule has 0 amide bonds. The number of anilines is 2. The molecule has 0 radical (unpaired) electrons. The van der Waals surface area contributed by atoms with Gasteiger partial charge in [-0.1, -0.05) is 12.8 Å². The lowest BCUT2D eigenvalue weighted by Crippen LogP contribution is -2.57. The standard InChI is InChI=1S/C38H46F6N8O3/c1-6-55-32(53)9-12-52-23(2)19-51(20-24(52)3)31-18-45-29(17-46-31)34-48-33-30(50(4)21-36(22-54-5)10-7-8-11-36)16-28(47-35(33)49-34)25-13-26(37(39,40)41)15-27(14-25)38(42,43)44/h13-18,23-24H,6-12,19-22H2,1-5H3,(H,47,48,49)/t23-,24+. The van der Waals surface area contributed by atoms with Crippen molar-refractivity contribution in [3.8, 4) is 22.8 Å². The average Bonchev–Trinajstić information content (AvgIpc) is 3.77. The normalized spacial score (nSPS) is 19.3.